The molecule has 0 N–H and O–H groups in total. The van der Waals surface area contributed by atoms with E-state index < -0.39 is 31.3 Å². The Labute approximate surface area is 403 Å². The Morgan fingerprint density at radius 3 is 0.269 bits per heavy atom. The predicted octanol–water partition coefficient (Wildman–Crippen LogP) is -29.3. The first-order chi connectivity index (χ1) is 8.00. The van der Waals surface area contributed by atoms with Crippen LogP contribution in [0, 0.1) is 0 Å². The van der Waals surface area contributed by atoms with E-state index in [-0.39, 0.29) is 308 Å². The first kappa shape index (κ1) is 65.4. The zero-order valence-corrected chi connectivity index (χ0v) is 36.6. The monoisotopic (exact) mass is 614 g/mol. The summed E-state index contributed by atoms with van der Waals surface area (Å²) in [6, 6.07) is 0. The summed E-state index contributed by atoms with van der Waals surface area (Å²) in [5.74, 6) is 0. The first-order valence-electron chi connectivity index (χ1n) is 2.92. The molecular formula is K6O16P4-6. The molecule has 0 aromatic heterocycles. The van der Waals surface area contributed by atoms with Crippen molar-refractivity contribution in [3.63, 3.8) is 0 Å². The standard InChI is InChI=1S/6K.4H3O4P/c;;;;;;4*1-5(2,3)4/h;;;;;;4*(H3,1,2,3,4)/q6*+1;;;;/p-12. The summed E-state index contributed by atoms with van der Waals surface area (Å²) in [5.41, 5.74) is 0. The van der Waals surface area contributed by atoms with Crippen LogP contribution in [-0.4, -0.2) is 0 Å². The summed E-state index contributed by atoms with van der Waals surface area (Å²) >= 11 is 0. The van der Waals surface area contributed by atoms with Crippen LogP contribution < -0.4 is 367 Å². The van der Waals surface area contributed by atoms with Crippen molar-refractivity contribution in [3.8, 4) is 0 Å². The van der Waals surface area contributed by atoms with Gasteiger partial charge in [-0.05, 0) is 0 Å². The second kappa shape index (κ2) is 35.3. The van der Waals surface area contributed by atoms with Crippen LogP contribution in [0.1, 0.15) is 0 Å². The van der Waals surface area contributed by atoms with Crippen LogP contribution >= 0.6 is 31.3 Å². The Morgan fingerprint density at radius 2 is 0.269 bits per heavy atom. The summed E-state index contributed by atoms with van der Waals surface area (Å²) in [6.45, 7) is 0. The van der Waals surface area contributed by atoms with Crippen LogP contribution in [0.15, 0.2) is 0 Å². The van der Waals surface area contributed by atoms with E-state index in [4.69, 9.17) is 77.0 Å². The number of hydrogen-bond donors (Lipinski definition) is 0. The van der Waals surface area contributed by atoms with Gasteiger partial charge < -0.3 is 77.0 Å². The maximum Gasteiger partial charge on any atom is 1.00 e. The fourth-order valence-corrected chi connectivity index (χ4v) is 0. The maximum atomic E-state index is 8.55. The fourth-order valence-electron chi connectivity index (χ4n) is 0. The zero-order valence-electron chi connectivity index (χ0n) is 14.3. The molecule has 0 unspecified atom stereocenters. The van der Waals surface area contributed by atoms with Crippen molar-refractivity contribution >= 4 is 31.3 Å². The van der Waals surface area contributed by atoms with Crippen LogP contribution in [0.25, 0.3) is 0 Å². The smallest absolute Gasteiger partial charge is 0.822 e. The largest absolute Gasteiger partial charge is 1.00 e. The molecule has 0 aliphatic carbocycles. The minimum absolute atomic E-state index is 0. The SMILES string of the molecule is O=P([O-])([O-])[O-].O=P([O-])([O-])[O-].O=P([O-])([O-])[O-].O=P([O-])([O-])[O-].[K+].[K+].[K+].[K+].[K+].[K+]. The third-order valence-corrected chi connectivity index (χ3v) is 0. The van der Waals surface area contributed by atoms with Gasteiger partial charge in [0.2, 0.25) is 0 Å². The Morgan fingerprint density at radius 1 is 0.269 bits per heavy atom. The summed E-state index contributed by atoms with van der Waals surface area (Å²) in [7, 11) is -21.6. The Balaban J connectivity index is -0.0000000152. The third-order valence-electron chi connectivity index (χ3n) is 0. The Hall–Kier alpha value is 10.3. The molecule has 0 saturated heterocycles. The average molecular weight is 614 g/mol. The van der Waals surface area contributed by atoms with Crippen molar-refractivity contribution in [1.82, 2.24) is 0 Å². The van der Waals surface area contributed by atoms with Crippen molar-refractivity contribution in [2.75, 3.05) is 0 Å². The number of phosphoric acid groups is 4. The second-order valence-electron chi connectivity index (χ2n) is 1.79. The van der Waals surface area contributed by atoms with Crippen molar-refractivity contribution in [1.29, 1.82) is 0 Å². The summed E-state index contributed by atoms with van der Waals surface area (Å²) in [4.78, 5) is 103. The van der Waals surface area contributed by atoms with Gasteiger partial charge in [0, 0.05) is 0 Å². The minimum atomic E-state index is -5.39. The third kappa shape index (κ3) is 360. The van der Waals surface area contributed by atoms with Crippen molar-refractivity contribution < 1.29 is 385 Å². The van der Waals surface area contributed by atoms with Gasteiger partial charge in [-0.1, -0.05) is 0 Å². The minimum Gasteiger partial charge on any atom is -0.822 e. The zero-order chi connectivity index (χ0) is 18.0. The molecule has 0 aliphatic rings. The van der Waals surface area contributed by atoms with Gasteiger partial charge in [0.1, 0.15) is 0 Å². The summed E-state index contributed by atoms with van der Waals surface area (Å²) in [6.07, 6.45) is 0. The molecule has 0 aliphatic heterocycles. The van der Waals surface area contributed by atoms with Gasteiger partial charge in [-0.25, -0.2) is 0 Å². The first-order valence-corrected chi connectivity index (χ1v) is 8.76. The molecule has 0 spiro atoms. The van der Waals surface area contributed by atoms with E-state index in [9.17, 15) is 0 Å². The van der Waals surface area contributed by atoms with E-state index in [1.807, 2.05) is 0 Å². The average Bonchev–Trinajstić information content (AvgIpc) is 1.62. The van der Waals surface area contributed by atoms with Gasteiger partial charge >= 0.3 is 308 Å². The van der Waals surface area contributed by atoms with Gasteiger partial charge in [0.15, 0.2) is 0 Å². The molecule has 0 saturated carbocycles. The van der Waals surface area contributed by atoms with Crippen molar-refractivity contribution in [2.24, 2.45) is 0 Å². The normalized spacial score (nSPS) is 9.08. The van der Waals surface area contributed by atoms with Crippen LogP contribution in [0.3, 0.4) is 0 Å². The van der Waals surface area contributed by atoms with Crippen molar-refractivity contribution in [3.05, 3.63) is 0 Å². The summed E-state index contributed by atoms with van der Waals surface area (Å²) < 4.78 is 34.2. The molecule has 0 radical (unpaired) electrons. The van der Waals surface area contributed by atoms with Crippen LogP contribution in [0.2, 0.25) is 0 Å². The van der Waals surface area contributed by atoms with E-state index in [2.05, 4.69) is 0 Å². The molecule has 0 rings (SSSR count). The fraction of sp³-hybridized carbons (Fsp3) is 0. The Bertz CT molecular complexity index is 299. The van der Waals surface area contributed by atoms with E-state index in [1.165, 1.54) is 0 Å². The molecule has 0 aromatic rings. The molecule has 16 nitrogen and oxygen atoms in total. The molecule has 128 valence electrons. The van der Waals surface area contributed by atoms with Crippen LogP contribution in [-0.2, 0) is 18.3 Å². The predicted molar refractivity (Wildman–Crippen MR) is 30.4 cm³/mol. The molecular weight excluding hydrogens is 614 g/mol. The molecule has 26 heteroatoms. The van der Waals surface area contributed by atoms with Gasteiger partial charge in [0.25, 0.3) is 0 Å². The van der Waals surface area contributed by atoms with Gasteiger partial charge in [-0.15, -0.1) is 0 Å². The maximum absolute atomic E-state index is 8.55. The van der Waals surface area contributed by atoms with Gasteiger partial charge in [-0.2, -0.15) is 31.3 Å². The molecule has 26 heavy (non-hydrogen) atoms. The van der Waals surface area contributed by atoms with Gasteiger partial charge in [-0.3, -0.25) is 0 Å². The van der Waals surface area contributed by atoms with E-state index in [1.54, 1.807) is 0 Å². The molecule has 0 fully saturated rings. The molecule has 0 heterocycles. The molecule has 0 aromatic carbocycles. The number of hydrogen-bond acceptors (Lipinski definition) is 16. The van der Waals surface area contributed by atoms with Crippen LogP contribution in [0.4, 0.5) is 0 Å². The van der Waals surface area contributed by atoms with Gasteiger partial charge in [0.05, 0.1) is 0 Å². The molecule has 0 atom stereocenters. The quantitative estimate of drug-likeness (QED) is 0.180. The van der Waals surface area contributed by atoms with E-state index >= 15 is 0 Å². The second-order valence-corrected chi connectivity index (χ2v) is 5.37. The van der Waals surface area contributed by atoms with E-state index in [0.29, 0.717) is 0 Å². The molecule has 0 bridgehead atoms. The Kier molecular flexibility index (Phi) is 88.7. The van der Waals surface area contributed by atoms with Crippen LogP contribution in [0.5, 0.6) is 0 Å². The topological polar surface area (TPSA) is 345 Å². The van der Waals surface area contributed by atoms with E-state index in [0.717, 1.165) is 0 Å². The van der Waals surface area contributed by atoms with Crippen molar-refractivity contribution in [2.45, 2.75) is 0 Å². The molecule has 0 amide bonds. The summed E-state index contributed by atoms with van der Waals surface area (Å²) in [5, 5.41) is 0. The number of rotatable bonds is 0.